The SMILES string of the molecule is C=C(C)[C@@H]1CC=C(C(=O)[O-])CC1. The van der Waals surface area contributed by atoms with E-state index in [1.54, 1.807) is 6.08 Å². The number of hydrogen-bond donors (Lipinski definition) is 0. The molecule has 0 bridgehead atoms. The van der Waals surface area contributed by atoms with Crippen molar-refractivity contribution in [3.63, 3.8) is 0 Å². The van der Waals surface area contributed by atoms with Crippen LogP contribution in [0.4, 0.5) is 0 Å². The van der Waals surface area contributed by atoms with E-state index in [0.717, 1.165) is 18.4 Å². The second-order valence-corrected chi connectivity index (χ2v) is 3.33. The number of hydrogen-bond acceptors (Lipinski definition) is 2. The molecule has 0 unspecified atom stereocenters. The Morgan fingerprint density at radius 2 is 2.42 bits per heavy atom. The molecule has 66 valence electrons. The first-order valence-electron chi connectivity index (χ1n) is 4.17. The van der Waals surface area contributed by atoms with Crippen LogP contribution in [0.1, 0.15) is 26.2 Å². The number of aliphatic carboxylic acids is 1. The van der Waals surface area contributed by atoms with Gasteiger partial charge >= 0.3 is 0 Å². The van der Waals surface area contributed by atoms with E-state index in [1.165, 1.54) is 0 Å². The smallest absolute Gasteiger partial charge is 0.0671 e. The largest absolute Gasteiger partial charge is 0.545 e. The second kappa shape index (κ2) is 3.57. The van der Waals surface area contributed by atoms with Gasteiger partial charge in [-0.2, -0.15) is 0 Å². The molecule has 0 saturated heterocycles. The fraction of sp³-hybridized carbons (Fsp3) is 0.500. The topological polar surface area (TPSA) is 40.1 Å². The summed E-state index contributed by atoms with van der Waals surface area (Å²) in [5.41, 5.74) is 1.59. The number of carbonyl (C=O) groups excluding carboxylic acids is 1. The van der Waals surface area contributed by atoms with Crippen molar-refractivity contribution in [3.05, 3.63) is 23.8 Å². The van der Waals surface area contributed by atoms with Crippen molar-refractivity contribution in [1.82, 2.24) is 0 Å². The highest BCUT2D eigenvalue weighted by Crippen LogP contribution is 2.27. The minimum atomic E-state index is -1.02. The van der Waals surface area contributed by atoms with Crippen molar-refractivity contribution >= 4 is 5.97 Å². The lowest BCUT2D eigenvalue weighted by Gasteiger charge is -2.22. The van der Waals surface area contributed by atoms with Crippen LogP contribution in [-0.2, 0) is 4.79 Å². The summed E-state index contributed by atoms with van der Waals surface area (Å²) in [5, 5.41) is 10.4. The fourth-order valence-electron chi connectivity index (χ4n) is 1.47. The lowest BCUT2D eigenvalue weighted by atomic mass is 9.86. The summed E-state index contributed by atoms with van der Waals surface area (Å²) < 4.78 is 0. The first kappa shape index (κ1) is 9.04. The van der Waals surface area contributed by atoms with Crippen molar-refractivity contribution in [2.75, 3.05) is 0 Å². The molecule has 0 aromatic heterocycles. The third-order valence-electron chi connectivity index (χ3n) is 2.37. The van der Waals surface area contributed by atoms with Crippen molar-refractivity contribution in [2.45, 2.75) is 26.2 Å². The second-order valence-electron chi connectivity index (χ2n) is 3.33. The van der Waals surface area contributed by atoms with E-state index in [1.807, 2.05) is 6.92 Å². The fourth-order valence-corrected chi connectivity index (χ4v) is 1.47. The lowest BCUT2D eigenvalue weighted by molar-refractivity contribution is -0.299. The monoisotopic (exact) mass is 165 g/mol. The van der Waals surface area contributed by atoms with Crippen molar-refractivity contribution < 1.29 is 9.90 Å². The molecule has 0 amide bonds. The van der Waals surface area contributed by atoms with E-state index in [0.29, 0.717) is 17.9 Å². The van der Waals surface area contributed by atoms with Crippen LogP contribution in [0.5, 0.6) is 0 Å². The van der Waals surface area contributed by atoms with Gasteiger partial charge in [0.05, 0.1) is 5.97 Å². The minimum Gasteiger partial charge on any atom is -0.545 e. The van der Waals surface area contributed by atoms with Gasteiger partial charge in [0, 0.05) is 0 Å². The van der Waals surface area contributed by atoms with Gasteiger partial charge in [0.15, 0.2) is 0 Å². The first-order chi connectivity index (χ1) is 5.61. The molecular formula is C10H13O2-. The van der Waals surface area contributed by atoms with Gasteiger partial charge in [0.2, 0.25) is 0 Å². The number of carboxylic acids is 1. The number of allylic oxidation sites excluding steroid dienone is 2. The molecule has 0 aromatic carbocycles. The summed E-state index contributed by atoms with van der Waals surface area (Å²) in [4.78, 5) is 10.4. The van der Waals surface area contributed by atoms with Gasteiger partial charge in [0.1, 0.15) is 0 Å². The van der Waals surface area contributed by atoms with Crippen LogP contribution in [0.25, 0.3) is 0 Å². The van der Waals surface area contributed by atoms with E-state index < -0.39 is 5.97 Å². The summed E-state index contributed by atoms with van der Waals surface area (Å²) in [6.07, 6.45) is 4.09. The van der Waals surface area contributed by atoms with E-state index in [-0.39, 0.29) is 0 Å². The van der Waals surface area contributed by atoms with Crippen LogP contribution in [0.3, 0.4) is 0 Å². The molecular weight excluding hydrogens is 152 g/mol. The van der Waals surface area contributed by atoms with Crippen molar-refractivity contribution in [1.29, 1.82) is 0 Å². The van der Waals surface area contributed by atoms with Crippen LogP contribution >= 0.6 is 0 Å². The standard InChI is InChI=1S/C10H14O2/c1-7(2)8-3-5-9(6-4-8)10(11)12/h5,8H,1,3-4,6H2,2H3,(H,11,12)/p-1/t8-/m1/s1. The Morgan fingerprint density at radius 3 is 2.75 bits per heavy atom. The summed E-state index contributed by atoms with van der Waals surface area (Å²) in [6, 6.07) is 0. The maximum absolute atomic E-state index is 10.4. The van der Waals surface area contributed by atoms with Crippen LogP contribution < -0.4 is 5.11 Å². The van der Waals surface area contributed by atoms with Crippen LogP contribution in [-0.4, -0.2) is 5.97 Å². The minimum absolute atomic E-state index is 0.451. The van der Waals surface area contributed by atoms with Gasteiger partial charge < -0.3 is 9.90 Å². The quantitative estimate of drug-likeness (QED) is 0.573. The van der Waals surface area contributed by atoms with Gasteiger partial charge in [0.25, 0.3) is 0 Å². The number of rotatable bonds is 2. The van der Waals surface area contributed by atoms with E-state index in [2.05, 4.69) is 6.58 Å². The average Bonchev–Trinajstić information content (AvgIpc) is 2.04. The molecule has 0 N–H and O–H groups in total. The Kier molecular flexibility index (Phi) is 2.69. The first-order valence-corrected chi connectivity index (χ1v) is 4.17. The predicted octanol–water partition coefficient (Wildman–Crippen LogP) is 1.04. The van der Waals surface area contributed by atoms with E-state index in [4.69, 9.17) is 0 Å². The zero-order chi connectivity index (χ0) is 9.14. The number of carboxylic acid groups (broad SMARTS) is 1. The Labute approximate surface area is 72.6 Å². The van der Waals surface area contributed by atoms with Gasteiger partial charge in [-0.3, -0.25) is 0 Å². The van der Waals surface area contributed by atoms with Crippen LogP contribution in [0.15, 0.2) is 23.8 Å². The maximum atomic E-state index is 10.4. The van der Waals surface area contributed by atoms with Gasteiger partial charge in [-0.25, -0.2) is 0 Å². The molecule has 1 aliphatic rings. The van der Waals surface area contributed by atoms with Crippen molar-refractivity contribution in [3.8, 4) is 0 Å². The van der Waals surface area contributed by atoms with E-state index in [9.17, 15) is 9.90 Å². The molecule has 0 radical (unpaired) electrons. The molecule has 1 aliphatic carbocycles. The molecule has 0 fully saturated rings. The van der Waals surface area contributed by atoms with E-state index >= 15 is 0 Å². The molecule has 2 nitrogen and oxygen atoms in total. The summed E-state index contributed by atoms with van der Waals surface area (Å²) in [6.45, 7) is 5.84. The molecule has 2 heteroatoms. The molecule has 1 rings (SSSR count). The molecule has 0 aromatic rings. The van der Waals surface area contributed by atoms with Crippen molar-refractivity contribution in [2.24, 2.45) is 5.92 Å². The maximum Gasteiger partial charge on any atom is 0.0671 e. The molecule has 12 heavy (non-hydrogen) atoms. The third kappa shape index (κ3) is 1.97. The molecule has 1 atom stereocenters. The third-order valence-corrected chi connectivity index (χ3v) is 2.37. The van der Waals surface area contributed by atoms with Gasteiger partial charge in [-0.05, 0) is 37.7 Å². The summed E-state index contributed by atoms with van der Waals surface area (Å²) in [5.74, 6) is -0.553. The highest BCUT2D eigenvalue weighted by Gasteiger charge is 2.14. The van der Waals surface area contributed by atoms with Gasteiger partial charge in [-0.15, -0.1) is 0 Å². The molecule has 0 aliphatic heterocycles. The Balaban J connectivity index is 2.59. The molecule has 0 spiro atoms. The zero-order valence-corrected chi connectivity index (χ0v) is 7.30. The average molecular weight is 165 g/mol. The molecule has 0 heterocycles. The van der Waals surface area contributed by atoms with Gasteiger partial charge in [-0.1, -0.05) is 18.2 Å². The lowest BCUT2D eigenvalue weighted by Crippen LogP contribution is -2.26. The Hall–Kier alpha value is -1.05. The highest BCUT2D eigenvalue weighted by molar-refractivity contribution is 5.84. The summed E-state index contributed by atoms with van der Waals surface area (Å²) in [7, 11) is 0. The Morgan fingerprint density at radius 1 is 1.75 bits per heavy atom. The Bertz CT molecular complexity index is 238. The molecule has 0 saturated carbocycles. The normalized spacial score (nSPS) is 23.1. The number of carbonyl (C=O) groups is 1. The highest BCUT2D eigenvalue weighted by atomic mass is 16.4. The van der Waals surface area contributed by atoms with Crippen LogP contribution in [0.2, 0.25) is 0 Å². The predicted molar refractivity (Wildman–Crippen MR) is 45.2 cm³/mol. The van der Waals surface area contributed by atoms with Crippen LogP contribution in [0, 0.1) is 5.92 Å². The zero-order valence-electron chi connectivity index (χ0n) is 7.30. The summed E-state index contributed by atoms with van der Waals surface area (Å²) >= 11 is 0.